The topological polar surface area (TPSA) is 76.1 Å². The minimum atomic E-state index is -1.03. The standard InChI is InChI=1S/C12H21NO5/c1-12(2,3)18-11(16)13-6-5-8(17-4)7-9(13)10(14)15/h8-9H,5-7H2,1-4H3,(H,14,15)/t8-,9+/m1/s1. The van der Waals surface area contributed by atoms with Crippen molar-refractivity contribution in [2.45, 2.75) is 51.4 Å². The molecule has 0 aliphatic carbocycles. The fourth-order valence-electron chi connectivity index (χ4n) is 1.92. The van der Waals surface area contributed by atoms with E-state index in [2.05, 4.69) is 0 Å². The van der Waals surface area contributed by atoms with Gasteiger partial charge in [0, 0.05) is 20.1 Å². The number of methoxy groups -OCH3 is 1. The number of likely N-dealkylation sites (tertiary alicyclic amines) is 1. The summed E-state index contributed by atoms with van der Waals surface area (Å²) in [4.78, 5) is 24.4. The third-order valence-corrected chi connectivity index (χ3v) is 2.80. The van der Waals surface area contributed by atoms with Crippen LogP contribution in [0.3, 0.4) is 0 Å². The van der Waals surface area contributed by atoms with Gasteiger partial charge in [0.05, 0.1) is 6.10 Å². The van der Waals surface area contributed by atoms with Crippen LogP contribution in [0.25, 0.3) is 0 Å². The van der Waals surface area contributed by atoms with Crippen molar-refractivity contribution in [3.63, 3.8) is 0 Å². The van der Waals surface area contributed by atoms with Crippen molar-refractivity contribution in [2.24, 2.45) is 0 Å². The molecule has 1 aliphatic rings. The second kappa shape index (κ2) is 5.56. The lowest BCUT2D eigenvalue weighted by Gasteiger charge is -2.37. The van der Waals surface area contributed by atoms with Gasteiger partial charge in [-0.1, -0.05) is 0 Å². The van der Waals surface area contributed by atoms with Crippen LogP contribution in [0, 0.1) is 0 Å². The van der Waals surface area contributed by atoms with Crippen LogP contribution in [0.2, 0.25) is 0 Å². The molecule has 1 heterocycles. The van der Waals surface area contributed by atoms with Gasteiger partial charge in [0.2, 0.25) is 0 Å². The number of carboxylic acids is 1. The molecule has 1 N–H and O–H groups in total. The quantitative estimate of drug-likeness (QED) is 0.813. The lowest BCUT2D eigenvalue weighted by Crippen LogP contribution is -2.52. The van der Waals surface area contributed by atoms with Crippen LogP contribution in [0.15, 0.2) is 0 Å². The summed E-state index contributed by atoms with van der Waals surface area (Å²) < 4.78 is 10.4. The molecule has 0 aromatic carbocycles. The van der Waals surface area contributed by atoms with Crippen molar-refractivity contribution < 1.29 is 24.2 Å². The Labute approximate surface area is 107 Å². The van der Waals surface area contributed by atoms with Crippen LogP contribution in [0.4, 0.5) is 4.79 Å². The van der Waals surface area contributed by atoms with E-state index in [0.29, 0.717) is 19.4 Å². The Hall–Kier alpha value is -1.30. The summed E-state index contributed by atoms with van der Waals surface area (Å²) >= 11 is 0. The number of ether oxygens (including phenoxy) is 2. The minimum Gasteiger partial charge on any atom is -0.480 e. The Morgan fingerprint density at radius 1 is 1.33 bits per heavy atom. The molecular formula is C12H21NO5. The number of piperidine rings is 1. The molecule has 1 aliphatic heterocycles. The zero-order valence-electron chi connectivity index (χ0n) is 11.3. The van der Waals surface area contributed by atoms with Crippen molar-refractivity contribution in [1.29, 1.82) is 0 Å². The smallest absolute Gasteiger partial charge is 0.411 e. The van der Waals surface area contributed by atoms with Gasteiger partial charge in [0.25, 0.3) is 0 Å². The highest BCUT2D eigenvalue weighted by molar-refractivity contribution is 5.80. The molecule has 0 spiro atoms. The number of carboxylic acid groups (broad SMARTS) is 1. The molecule has 1 fully saturated rings. The number of amides is 1. The first-order chi connectivity index (χ1) is 8.24. The zero-order valence-corrected chi connectivity index (χ0v) is 11.3. The average Bonchev–Trinajstić information content (AvgIpc) is 2.25. The van der Waals surface area contributed by atoms with Gasteiger partial charge in [0.15, 0.2) is 0 Å². The number of carbonyl (C=O) groups excluding carboxylic acids is 1. The van der Waals surface area contributed by atoms with Crippen LogP contribution in [-0.2, 0) is 14.3 Å². The number of rotatable bonds is 2. The van der Waals surface area contributed by atoms with Gasteiger partial charge in [0.1, 0.15) is 11.6 Å². The molecule has 1 rings (SSSR count). The Morgan fingerprint density at radius 3 is 2.39 bits per heavy atom. The third-order valence-electron chi connectivity index (χ3n) is 2.80. The monoisotopic (exact) mass is 259 g/mol. The predicted molar refractivity (Wildman–Crippen MR) is 64.4 cm³/mol. The number of nitrogens with zero attached hydrogens (tertiary/aromatic N) is 1. The maximum Gasteiger partial charge on any atom is 0.411 e. The SMILES string of the molecule is CO[C@@H]1CCN(C(=O)OC(C)(C)C)[C@H](C(=O)O)C1. The molecule has 104 valence electrons. The van der Waals surface area contributed by atoms with E-state index < -0.39 is 23.7 Å². The summed E-state index contributed by atoms with van der Waals surface area (Å²) in [5, 5.41) is 9.16. The normalized spacial score (nSPS) is 24.8. The van der Waals surface area contributed by atoms with Gasteiger partial charge in [-0.25, -0.2) is 9.59 Å². The fourth-order valence-corrected chi connectivity index (χ4v) is 1.92. The fraction of sp³-hybridized carbons (Fsp3) is 0.833. The van der Waals surface area contributed by atoms with Crippen LogP contribution in [0.1, 0.15) is 33.6 Å². The summed E-state index contributed by atoms with van der Waals surface area (Å²) in [6.07, 6.45) is 0.221. The molecule has 0 radical (unpaired) electrons. The molecule has 0 unspecified atom stereocenters. The number of hydrogen-bond acceptors (Lipinski definition) is 4. The maximum atomic E-state index is 11.9. The Kier molecular flexibility index (Phi) is 4.56. The average molecular weight is 259 g/mol. The lowest BCUT2D eigenvalue weighted by atomic mass is 10.00. The highest BCUT2D eigenvalue weighted by Gasteiger charge is 2.38. The first-order valence-electron chi connectivity index (χ1n) is 6.00. The Morgan fingerprint density at radius 2 is 1.94 bits per heavy atom. The molecule has 6 heteroatoms. The summed E-state index contributed by atoms with van der Waals surface area (Å²) in [7, 11) is 1.55. The molecule has 1 amide bonds. The molecule has 0 bridgehead atoms. The summed E-state index contributed by atoms with van der Waals surface area (Å²) in [5.41, 5.74) is -0.627. The number of aliphatic carboxylic acids is 1. The highest BCUT2D eigenvalue weighted by atomic mass is 16.6. The van der Waals surface area contributed by atoms with E-state index in [4.69, 9.17) is 14.6 Å². The van der Waals surface area contributed by atoms with Crippen molar-refractivity contribution in [2.75, 3.05) is 13.7 Å². The summed E-state index contributed by atoms with van der Waals surface area (Å²) in [6.45, 7) is 5.60. The number of hydrogen-bond donors (Lipinski definition) is 1. The van der Waals surface area contributed by atoms with Gasteiger partial charge < -0.3 is 14.6 Å². The van der Waals surface area contributed by atoms with E-state index in [1.807, 2.05) is 0 Å². The molecule has 0 aromatic rings. The largest absolute Gasteiger partial charge is 0.480 e. The highest BCUT2D eigenvalue weighted by Crippen LogP contribution is 2.22. The van der Waals surface area contributed by atoms with Crippen LogP contribution in [-0.4, -0.2) is 53.5 Å². The molecule has 0 saturated carbocycles. The second-order valence-corrected chi connectivity index (χ2v) is 5.41. The molecule has 0 aromatic heterocycles. The van der Waals surface area contributed by atoms with Gasteiger partial charge in [-0.3, -0.25) is 4.90 Å². The van der Waals surface area contributed by atoms with Crippen LogP contribution in [0.5, 0.6) is 0 Å². The van der Waals surface area contributed by atoms with Crippen molar-refractivity contribution in [3.05, 3.63) is 0 Å². The Balaban J connectivity index is 2.74. The van der Waals surface area contributed by atoms with E-state index in [-0.39, 0.29) is 6.10 Å². The van der Waals surface area contributed by atoms with E-state index >= 15 is 0 Å². The first-order valence-corrected chi connectivity index (χ1v) is 6.00. The zero-order chi connectivity index (χ0) is 13.9. The van der Waals surface area contributed by atoms with Gasteiger partial charge >= 0.3 is 12.1 Å². The Bertz CT molecular complexity index is 323. The molecule has 18 heavy (non-hydrogen) atoms. The van der Waals surface area contributed by atoms with Crippen molar-refractivity contribution >= 4 is 12.1 Å². The van der Waals surface area contributed by atoms with Crippen LogP contribution >= 0.6 is 0 Å². The predicted octanol–water partition coefficient (Wildman–Crippen LogP) is 1.49. The maximum absolute atomic E-state index is 11.9. The molecular weight excluding hydrogens is 238 g/mol. The second-order valence-electron chi connectivity index (χ2n) is 5.41. The van der Waals surface area contributed by atoms with E-state index in [9.17, 15) is 9.59 Å². The molecule has 1 saturated heterocycles. The van der Waals surface area contributed by atoms with Crippen molar-refractivity contribution in [3.8, 4) is 0 Å². The van der Waals surface area contributed by atoms with E-state index in [1.54, 1.807) is 27.9 Å². The summed E-state index contributed by atoms with van der Waals surface area (Å²) in [6, 6.07) is -0.876. The van der Waals surface area contributed by atoms with Crippen molar-refractivity contribution in [1.82, 2.24) is 4.90 Å². The minimum absolute atomic E-state index is 0.121. The first kappa shape index (κ1) is 14.8. The lowest BCUT2D eigenvalue weighted by molar-refractivity contribution is -0.146. The third kappa shape index (κ3) is 3.87. The van der Waals surface area contributed by atoms with Crippen LogP contribution < -0.4 is 0 Å². The van der Waals surface area contributed by atoms with E-state index in [1.165, 1.54) is 4.90 Å². The van der Waals surface area contributed by atoms with Gasteiger partial charge in [-0.15, -0.1) is 0 Å². The number of carbonyl (C=O) groups is 2. The molecule has 6 nitrogen and oxygen atoms in total. The summed E-state index contributed by atoms with van der Waals surface area (Å²) in [5.74, 6) is -1.03. The van der Waals surface area contributed by atoms with Gasteiger partial charge in [-0.2, -0.15) is 0 Å². The van der Waals surface area contributed by atoms with Gasteiger partial charge in [-0.05, 0) is 27.2 Å². The molecule has 2 atom stereocenters. The van der Waals surface area contributed by atoms with E-state index in [0.717, 1.165) is 0 Å².